The quantitative estimate of drug-likeness (QED) is 0.814. The molecule has 0 aromatic heterocycles. The van der Waals surface area contributed by atoms with Crippen LogP contribution in [0, 0.1) is 5.92 Å². The predicted molar refractivity (Wildman–Crippen MR) is 67.9 cm³/mol. The molecule has 1 aromatic carbocycles. The first-order valence-corrected chi connectivity index (χ1v) is 7.70. The molecule has 0 radical (unpaired) electrons. The van der Waals surface area contributed by atoms with Crippen LogP contribution in [0.1, 0.15) is 12.8 Å². The van der Waals surface area contributed by atoms with Crippen LogP contribution in [0.15, 0.2) is 29.2 Å². The molecule has 0 saturated carbocycles. The summed E-state index contributed by atoms with van der Waals surface area (Å²) in [5.74, 6) is -1.97. The predicted octanol–water partition coefficient (Wildman–Crippen LogP) is 0.491. The standard InChI is InChI=1S/C12H14ClNO4S/c13-10-5-1-2-6-11(10)19(17,18)14-7-3-4-9(8-14)12(15)16/h1-2,5-6,9H,3-4,7-8H2,(H,15,16)/p-1. The minimum absolute atomic E-state index is 0.00987. The molecule has 1 unspecified atom stereocenters. The minimum Gasteiger partial charge on any atom is -0.550 e. The highest BCUT2D eigenvalue weighted by Gasteiger charge is 2.31. The first kappa shape index (κ1) is 14.3. The number of carboxylic acids is 1. The van der Waals surface area contributed by atoms with Gasteiger partial charge < -0.3 is 9.90 Å². The van der Waals surface area contributed by atoms with Crippen LogP contribution >= 0.6 is 11.6 Å². The number of benzene rings is 1. The normalized spacial score (nSPS) is 21.2. The van der Waals surface area contributed by atoms with Crippen molar-refractivity contribution in [1.29, 1.82) is 0 Å². The SMILES string of the molecule is O=C([O-])C1CCCN(S(=O)(=O)c2ccccc2Cl)C1. The average molecular weight is 303 g/mol. The van der Waals surface area contributed by atoms with Crippen LogP contribution in [0.4, 0.5) is 0 Å². The molecule has 2 rings (SSSR count). The second-order valence-electron chi connectivity index (χ2n) is 4.45. The molecule has 1 fully saturated rings. The van der Waals surface area contributed by atoms with E-state index in [2.05, 4.69) is 0 Å². The number of aliphatic carboxylic acids is 1. The Balaban J connectivity index is 2.30. The molecule has 1 saturated heterocycles. The van der Waals surface area contributed by atoms with Crippen LogP contribution in [0.25, 0.3) is 0 Å². The summed E-state index contributed by atoms with van der Waals surface area (Å²) in [5, 5.41) is 11.0. The van der Waals surface area contributed by atoms with Gasteiger partial charge in [0.25, 0.3) is 0 Å². The Morgan fingerprint density at radius 3 is 2.68 bits per heavy atom. The van der Waals surface area contributed by atoms with E-state index in [9.17, 15) is 18.3 Å². The van der Waals surface area contributed by atoms with Crippen molar-refractivity contribution in [3.63, 3.8) is 0 Å². The number of rotatable bonds is 3. The number of hydrogen-bond donors (Lipinski definition) is 0. The molecule has 19 heavy (non-hydrogen) atoms. The van der Waals surface area contributed by atoms with Gasteiger partial charge in [0.15, 0.2) is 0 Å². The highest BCUT2D eigenvalue weighted by atomic mass is 35.5. The molecule has 7 heteroatoms. The van der Waals surface area contributed by atoms with Gasteiger partial charge in [0, 0.05) is 25.0 Å². The van der Waals surface area contributed by atoms with Gasteiger partial charge in [-0.3, -0.25) is 0 Å². The van der Waals surface area contributed by atoms with Gasteiger partial charge >= 0.3 is 0 Å². The van der Waals surface area contributed by atoms with Crippen molar-refractivity contribution >= 4 is 27.6 Å². The van der Waals surface area contributed by atoms with Gasteiger partial charge in [-0.25, -0.2) is 8.42 Å². The molecule has 1 aliphatic rings. The number of piperidine rings is 1. The van der Waals surface area contributed by atoms with E-state index in [0.29, 0.717) is 19.4 Å². The summed E-state index contributed by atoms with van der Waals surface area (Å²) in [7, 11) is -3.75. The van der Waals surface area contributed by atoms with E-state index < -0.39 is 21.9 Å². The lowest BCUT2D eigenvalue weighted by atomic mass is 10.0. The van der Waals surface area contributed by atoms with Crippen LogP contribution in [-0.4, -0.2) is 31.8 Å². The maximum atomic E-state index is 12.4. The summed E-state index contributed by atoms with van der Waals surface area (Å²) in [6.45, 7) is 0.243. The number of sulfonamides is 1. The number of carboxylic acid groups (broad SMARTS) is 1. The summed E-state index contributed by atoms with van der Waals surface area (Å²) < 4.78 is 26.0. The van der Waals surface area contributed by atoms with Crippen molar-refractivity contribution in [3.05, 3.63) is 29.3 Å². The maximum Gasteiger partial charge on any atom is 0.244 e. The third-order valence-corrected chi connectivity index (χ3v) is 5.54. The van der Waals surface area contributed by atoms with Gasteiger partial charge in [0.05, 0.1) is 5.02 Å². The van der Waals surface area contributed by atoms with Gasteiger partial charge in [0.2, 0.25) is 10.0 Å². The highest BCUT2D eigenvalue weighted by Crippen LogP contribution is 2.27. The highest BCUT2D eigenvalue weighted by molar-refractivity contribution is 7.89. The van der Waals surface area contributed by atoms with E-state index in [1.54, 1.807) is 12.1 Å². The maximum absolute atomic E-state index is 12.4. The first-order valence-electron chi connectivity index (χ1n) is 5.88. The number of carbonyl (C=O) groups excluding carboxylic acids is 1. The summed E-state index contributed by atoms with van der Waals surface area (Å²) >= 11 is 5.89. The van der Waals surface area contributed by atoms with Crippen molar-refractivity contribution in [3.8, 4) is 0 Å². The van der Waals surface area contributed by atoms with E-state index in [4.69, 9.17) is 11.6 Å². The lowest BCUT2D eigenvalue weighted by Crippen LogP contribution is -2.46. The van der Waals surface area contributed by atoms with Crippen LogP contribution < -0.4 is 5.11 Å². The second kappa shape index (κ2) is 5.48. The fraction of sp³-hybridized carbons (Fsp3) is 0.417. The summed E-state index contributed by atoms with van der Waals surface area (Å²) in [4.78, 5) is 10.9. The molecule has 1 aliphatic heterocycles. The molecular weight excluding hydrogens is 290 g/mol. The summed E-state index contributed by atoms with van der Waals surface area (Å²) in [5.41, 5.74) is 0. The van der Waals surface area contributed by atoms with Crippen molar-refractivity contribution in [2.24, 2.45) is 5.92 Å². The van der Waals surface area contributed by atoms with Crippen LogP contribution in [0.3, 0.4) is 0 Å². The van der Waals surface area contributed by atoms with Crippen LogP contribution in [-0.2, 0) is 14.8 Å². The van der Waals surface area contributed by atoms with E-state index in [1.807, 2.05) is 0 Å². The Kier molecular flexibility index (Phi) is 4.13. The Morgan fingerprint density at radius 2 is 2.05 bits per heavy atom. The molecule has 1 aromatic rings. The fourth-order valence-corrected chi connectivity index (χ4v) is 4.16. The molecule has 0 amide bonds. The molecule has 104 valence electrons. The molecule has 5 nitrogen and oxygen atoms in total. The fourth-order valence-electron chi connectivity index (χ4n) is 2.15. The first-order chi connectivity index (χ1) is 8.93. The van der Waals surface area contributed by atoms with Crippen molar-refractivity contribution in [2.45, 2.75) is 17.7 Å². The summed E-state index contributed by atoms with van der Waals surface area (Å²) in [6.07, 6.45) is 0.944. The molecule has 0 aliphatic carbocycles. The Hall–Kier alpha value is -1.11. The van der Waals surface area contributed by atoms with Gasteiger partial charge in [-0.05, 0) is 25.0 Å². The van der Waals surface area contributed by atoms with E-state index in [1.165, 1.54) is 12.1 Å². The van der Waals surface area contributed by atoms with Crippen molar-refractivity contribution in [2.75, 3.05) is 13.1 Å². The lowest BCUT2D eigenvalue weighted by Gasteiger charge is -2.32. The zero-order valence-corrected chi connectivity index (χ0v) is 11.7. The Bertz CT molecular complexity index is 587. The number of nitrogens with zero attached hydrogens (tertiary/aromatic N) is 1. The van der Waals surface area contributed by atoms with Crippen molar-refractivity contribution in [1.82, 2.24) is 4.31 Å². The van der Waals surface area contributed by atoms with E-state index in [-0.39, 0.29) is 16.5 Å². The van der Waals surface area contributed by atoms with Crippen LogP contribution in [0.2, 0.25) is 5.02 Å². The molecule has 1 heterocycles. The van der Waals surface area contributed by atoms with E-state index >= 15 is 0 Å². The third-order valence-electron chi connectivity index (χ3n) is 3.17. The smallest absolute Gasteiger partial charge is 0.244 e. The van der Waals surface area contributed by atoms with Gasteiger partial charge in [-0.15, -0.1) is 0 Å². The zero-order valence-electron chi connectivity index (χ0n) is 10.1. The molecular formula is C12H13ClNO4S-. The second-order valence-corrected chi connectivity index (χ2v) is 6.77. The molecule has 0 N–H and O–H groups in total. The molecule has 1 atom stereocenters. The number of hydrogen-bond acceptors (Lipinski definition) is 4. The largest absolute Gasteiger partial charge is 0.550 e. The molecule has 0 bridgehead atoms. The monoisotopic (exact) mass is 302 g/mol. The van der Waals surface area contributed by atoms with Gasteiger partial charge in [-0.1, -0.05) is 23.7 Å². The number of carbonyl (C=O) groups is 1. The number of halogens is 1. The Labute approximate surface area is 116 Å². The topological polar surface area (TPSA) is 77.5 Å². The molecule has 0 spiro atoms. The Morgan fingerprint density at radius 1 is 1.37 bits per heavy atom. The lowest BCUT2D eigenvalue weighted by molar-refractivity contribution is -0.312. The third kappa shape index (κ3) is 2.91. The zero-order chi connectivity index (χ0) is 14.0. The minimum atomic E-state index is -3.75. The van der Waals surface area contributed by atoms with Gasteiger partial charge in [0.1, 0.15) is 4.90 Å². The van der Waals surface area contributed by atoms with E-state index in [0.717, 1.165) is 4.31 Å². The van der Waals surface area contributed by atoms with Crippen molar-refractivity contribution < 1.29 is 18.3 Å². The summed E-state index contributed by atoms with van der Waals surface area (Å²) in [6, 6.07) is 6.13. The van der Waals surface area contributed by atoms with Crippen LogP contribution in [0.5, 0.6) is 0 Å². The van der Waals surface area contributed by atoms with Gasteiger partial charge in [-0.2, -0.15) is 4.31 Å². The average Bonchev–Trinajstić information content (AvgIpc) is 2.39.